The lowest BCUT2D eigenvalue weighted by atomic mass is 9.99. The summed E-state index contributed by atoms with van der Waals surface area (Å²) >= 11 is 0. The molecular formula is C12H19N3O2. The molecule has 5 heteroatoms. The van der Waals surface area contributed by atoms with Gasteiger partial charge < -0.3 is 14.6 Å². The molecule has 1 atom stereocenters. The lowest BCUT2D eigenvalue weighted by Gasteiger charge is -2.23. The van der Waals surface area contributed by atoms with Crippen LogP contribution in [0, 0.1) is 5.92 Å². The molecule has 1 aliphatic rings. The van der Waals surface area contributed by atoms with Gasteiger partial charge in [0.15, 0.2) is 0 Å². The highest BCUT2D eigenvalue weighted by molar-refractivity contribution is 5.78. The van der Waals surface area contributed by atoms with E-state index in [1.807, 2.05) is 6.33 Å². The second-order valence-corrected chi connectivity index (χ2v) is 4.83. The van der Waals surface area contributed by atoms with E-state index < -0.39 is 0 Å². The number of imidazole rings is 1. The monoisotopic (exact) mass is 237 g/mol. The first kappa shape index (κ1) is 12.1. The smallest absolute Gasteiger partial charge is 0.316 e. The number of hydrogen-bond acceptors (Lipinski definition) is 4. The lowest BCUT2D eigenvalue weighted by molar-refractivity contribution is -0.142. The molecular weight excluding hydrogens is 218 g/mol. The molecule has 0 amide bonds. The van der Waals surface area contributed by atoms with Crippen LogP contribution in [-0.2, 0) is 22.6 Å². The Balaban J connectivity index is 2.33. The third-order valence-corrected chi connectivity index (χ3v) is 2.98. The van der Waals surface area contributed by atoms with E-state index >= 15 is 0 Å². The number of rotatable bonds is 3. The Morgan fingerprint density at radius 1 is 1.71 bits per heavy atom. The fourth-order valence-electron chi connectivity index (χ4n) is 2.28. The minimum Gasteiger partial charge on any atom is -0.468 e. The molecule has 17 heavy (non-hydrogen) atoms. The molecule has 0 aliphatic carbocycles. The fourth-order valence-corrected chi connectivity index (χ4v) is 2.28. The summed E-state index contributed by atoms with van der Waals surface area (Å²) in [6.07, 6.45) is 1.83. The van der Waals surface area contributed by atoms with Crippen LogP contribution in [0.25, 0.3) is 0 Å². The molecule has 0 spiro atoms. The highest BCUT2D eigenvalue weighted by atomic mass is 16.5. The Bertz CT molecular complexity index is 412. The first-order chi connectivity index (χ1) is 8.13. The van der Waals surface area contributed by atoms with Gasteiger partial charge in [-0.25, -0.2) is 4.98 Å². The summed E-state index contributed by atoms with van der Waals surface area (Å²) < 4.78 is 6.94. The Morgan fingerprint density at radius 2 is 2.47 bits per heavy atom. The van der Waals surface area contributed by atoms with Gasteiger partial charge in [-0.15, -0.1) is 0 Å². The largest absolute Gasteiger partial charge is 0.468 e. The number of fused-ring (bicyclic) bond motifs is 1. The highest BCUT2D eigenvalue weighted by Crippen LogP contribution is 2.25. The molecule has 1 aromatic heterocycles. The van der Waals surface area contributed by atoms with E-state index in [-0.39, 0.29) is 11.9 Å². The molecule has 0 saturated heterocycles. The quantitative estimate of drug-likeness (QED) is 0.794. The Labute approximate surface area is 101 Å². The summed E-state index contributed by atoms with van der Waals surface area (Å²) in [4.78, 5) is 16.1. The molecule has 0 fully saturated rings. The summed E-state index contributed by atoms with van der Waals surface area (Å²) in [5.41, 5.74) is 1.98. The van der Waals surface area contributed by atoms with Crippen molar-refractivity contribution in [2.75, 3.05) is 13.7 Å². The Hall–Kier alpha value is -1.36. The van der Waals surface area contributed by atoms with Gasteiger partial charge in [-0.2, -0.15) is 0 Å². The van der Waals surface area contributed by atoms with E-state index in [2.05, 4.69) is 28.7 Å². The topological polar surface area (TPSA) is 56.1 Å². The van der Waals surface area contributed by atoms with Gasteiger partial charge in [-0.1, -0.05) is 13.8 Å². The Morgan fingerprint density at radius 3 is 3.12 bits per heavy atom. The minimum absolute atomic E-state index is 0.191. The van der Waals surface area contributed by atoms with Crippen molar-refractivity contribution < 1.29 is 9.53 Å². The molecule has 2 rings (SSSR count). The third kappa shape index (κ3) is 2.34. The average molecular weight is 237 g/mol. The van der Waals surface area contributed by atoms with Gasteiger partial charge in [-0.3, -0.25) is 4.79 Å². The van der Waals surface area contributed by atoms with Crippen LogP contribution >= 0.6 is 0 Å². The summed E-state index contributed by atoms with van der Waals surface area (Å²) in [7, 11) is 1.43. The maximum Gasteiger partial charge on any atom is 0.316 e. The van der Waals surface area contributed by atoms with Crippen molar-refractivity contribution in [1.29, 1.82) is 0 Å². The van der Waals surface area contributed by atoms with Crippen LogP contribution in [0.3, 0.4) is 0 Å². The normalized spacial score (nSPS) is 19.2. The molecule has 2 heterocycles. The molecule has 0 saturated carbocycles. The SMILES string of the molecule is COC(=O)C1CNCc2ncn(CC(C)C)c21. The van der Waals surface area contributed by atoms with Crippen LogP contribution in [-0.4, -0.2) is 29.2 Å². The van der Waals surface area contributed by atoms with Crippen molar-refractivity contribution in [3.63, 3.8) is 0 Å². The maximum absolute atomic E-state index is 11.8. The number of hydrogen-bond donors (Lipinski definition) is 1. The van der Waals surface area contributed by atoms with Gasteiger partial charge in [0.05, 0.1) is 24.8 Å². The van der Waals surface area contributed by atoms with Crippen molar-refractivity contribution in [1.82, 2.24) is 14.9 Å². The average Bonchev–Trinajstić information content (AvgIpc) is 2.71. The zero-order valence-electron chi connectivity index (χ0n) is 10.6. The maximum atomic E-state index is 11.8. The molecule has 1 aromatic rings. The van der Waals surface area contributed by atoms with Gasteiger partial charge in [0.25, 0.3) is 0 Å². The van der Waals surface area contributed by atoms with Crippen molar-refractivity contribution >= 4 is 5.97 Å². The van der Waals surface area contributed by atoms with Gasteiger partial charge in [-0.05, 0) is 5.92 Å². The van der Waals surface area contributed by atoms with E-state index in [9.17, 15) is 4.79 Å². The second-order valence-electron chi connectivity index (χ2n) is 4.83. The first-order valence-electron chi connectivity index (χ1n) is 5.96. The molecule has 0 bridgehead atoms. The van der Waals surface area contributed by atoms with E-state index in [0.717, 1.165) is 24.5 Å². The summed E-state index contributed by atoms with van der Waals surface area (Å²) in [6.45, 7) is 6.55. The van der Waals surface area contributed by atoms with Crippen LogP contribution in [0.4, 0.5) is 0 Å². The van der Waals surface area contributed by atoms with E-state index in [1.54, 1.807) is 0 Å². The number of carbonyl (C=O) groups is 1. The summed E-state index contributed by atoms with van der Waals surface area (Å²) in [6, 6.07) is 0. The molecule has 0 radical (unpaired) electrons. The van der Waals surface area contributed by atoms with Crippen LogP contribution in [0.2, 0.25) is 0 Å². The molecule has 1 aliphatic heterocycles. The first-order valence-corrected chi connectivity index (χ1v) is 5.96. The molecule has 1 N–H and O–H groups in total. The van der Waals surface area contributed by atoms with Gasteiger partial charge in [0.2, 0.25) is 0 Å². The molecule has 0 aromatic carbocycles. The molecule has 5 nitrogen and oxygen atoms in total. The zero-order valence-corrected chi connectivity index (χ0v) is 10.6. The van der Waals surface area contributed by atoms with Crippen molar-refractivity contribution in [2.24, 2.45) is 5.92 Å². The lowest BCUT2D eigenvalue weighted by Crippen LogP contribution is -2.34. The molecule has 1 unspecified atom stereocenters. The number of nitrogens with zero attached hydrogens (tertiary/aromatic N) is 2. The number of methoxy groups -OCH3 is 1. The van der Waals surface area contributed by atoms with Crippen LogP contribution in [0.1, 0.15) is 31.2 Å². The summed E-state index contributed by atoms with van der Waals surface area (Å²) in [5, 5.41) is 3.20. The van der Waals surface area contributed by atoms with E-state index in [4.69, 9.17) is 4.74 Å². The predicted molar refractivity (Wildman–Crippen MR) is 63.5 cm³/mol. The number of carbonyl (C=O) groups excluding carboxylic acids is 1. The molecule has 94 valence electrons. The zero-order chi connectivity index (χ0) is 12.4. The van der Waals surface area contributed by atoms with Gasteiger partial charge in [0, 0.05) is 19.6 Å². The van der Waals surface area contributed by atoms with E-state index in [1.165, 1.54) is 7.11 Å². The highest BCUT2D eigenvalue weighted by Gasteiger charge is 2.31. The standard InChI is InChI=1S/C12H19N3O2/c1-8(2)6-15-7-14-10-5-13-4-9(11(10)15)12(16)17-3/h7-9,13H,4-6H2,1-3H3. The summed E-state index contributed by atoms with van der Waals surface area (Å²) in [5.74, 6) is 0.107. The number of aromatic nitrogens is 2. The number of nitrogens with one attached hydrogen (secondary N) is 1. The van der Waals surface area contributed by atoms with Crippen molar-refractivity contribution in [3.05, 3.63) is 17.7 Å². The second kappa shape index (κ2) is 4.87. The van der Waals surface area contributed by atoms with Crippen LogP contribution in [0.5, 0.6) is 0 Å². The van der Waals surface area contributed by atoms with Crippen LogP contribution < -0.4 is 5.32 Å². The van der Waals surface area contributed by atoms with Gasteiger partial charge in [0.1, 0.15) is 5.92 Å². The predicted octanol–water partition coefficient (Wildman–Crippen LogP) is 0.899. The van der Waals surface area contributed by atoms with Crippen LogP contribution in [0.15, 0.2) is 6.33 Å². The van der Waals surface area contributed by atoms with E-state index in [0.29, 0.717) is 12.5 Å². The Kier molecular flexibility index (Phi) is 3.47. The number of ether oxygens (including phenoxy) is 1. The van der Waals surface area contributed by atoms with Crippen molar-refractivity contribution in [3.8, 4) is 0 Å². The van der Waals surface area contributed by atoms with Gasteiger partial charge >= 0.3 is 5.97 Å². The van der Waals surface area contributed by atoms with Crippen molar-refractivity contribution in [2.45, 2.75) is 32.9 Å². The fraction of sp³-hybridized carbons (Fsp3) is 0.667. The minimum atomic E-state index is -0.231. The number of esters is 1. The third-order valence-electron chi connectivity index (χ3n) is 2.98.